The van der Waals surface area contributed by atoms with Crippen molar-refractivity contribution in [2.45, 2.75) is 210 Å². The highest BCUT2D eigenvalue weighted by atomic mass is 15.1. The predicted octanol–water partition coefficient (Wildman–Crippen LogP) is 20.6. The topological polar surface area (TPSA) is 6.48 Å². The van der Waals surface area contributed by atoms with Crippen LogP contribution >= 0.6 is 0 Å². The molecule has 0 N–H and O–H groups in total. The molecule has 0 unspecified atom stereocenters. The summed E-state index contributed by atoms with van der Waals surface area (Å²) in [6.45, 7) is 14.9. The number of rotatable bonds is 20. The van der Waals surface area contributed by atoms with E-state index in [-0.39, 0.29) is 16.2 Å². The van der Waals surface area contributed by atoms with Gasteiger partial charge in [-0.25, -0.2) is 0 Å². The van der Waals surface area contributed by atoms with Gasteiger partial charge in [-0.05, 0) is 203 Å². The van der Waals surface area contributed by atoms with Crippen molar-refractivity contribution in [3.8, 4) is 11.1 Å². The van der Waals surface area contributed by atoms with Gasteiger partial charge in [0.15, 0.2) is 0 Å². The molecule has 0 spiro atoms. The number of anilines is 6. The lowest BCUT2D eigenvalue weighted by molar-refractivity contribution is 0.188. The predicted molar refractivity (Wildman–Crippen MR) is 304 cm³/mol. The zero-order chi connectivity index (χ0) is 48.9. The first-order valence-electron chi connectivity index (χ1n) is 28.8. The van der Waals surface area contributed by atoms with Crippen molar-refractivity contribution in [1.29, 1.82) is 0 Å². The maximum atomic E-state index is 2.68. The van der Waals surface area contributed by atoms with Crippen LogP contribution in [0.4, 0.5) is 34.1 Å². The average molecular weight is 941 g/mol. The number of para-hydroxylation sites is 2. The Morgan fingerprint density at radius 2 is 0.620 bits per heavy atom. The molecule has 0 amide bonds. The summed E-state index contributed by atoms with van der Waals surface area (Å²) in [7, 11) is 0. The van der Waals surface area contributed by atoms with Crippen LogP contribution in [0.15, 0.2) is 133 Å². The summed E-state index contributed by atoms with van der Waals surface area (Å²) in [6, 6.07) is 53.1. The van der Waals surface area contributed by atoms with Gasteiger partial charge in [0.2, 0.25) is 0 Å². The van der Waals surface area contributed by atoms with Gasteiger partial charge in [-0.15, -0.1) is 0 Å². The molecule has 4 bridgehead atoms. The van der Waals surface area contributed by atoms with Crippen LogP contribution in [0.1, 0.15) is 216 Å². The molecule has 6 aromatic carbocycles. The Morgan fingerprint density at radius 3 is 0.986 bits per heavy atom. The molecule has 370 valence electrons. The molecule has 0 radical (unpaired) electrons. The van der Waals surface area contributed by atoms with E-state index in [1.54, 1.807) is 33.4 Å². The Labute approximate surface area is 429 Å². The highest BCUT2D eigenvalue weighted by molar-refractivity contribution is 5.89. The molecule has 0 saturated heterocycles. The lowest BCUT2D eigenvalue weighted by Crippen LogP contribution is -2.44. The Kier molecular flexibility index (Phi) is 13.2. The van der Waals surface area contributed by atoms with Gasteiger partial charge in [0.25, 0.3) is 0 Å². The van der Waals surface area contributed by atoms with Gasteiger partial charge in [0.05, 0.1) is 0 Å². The third kappa shape index (κ3) is 8.60. The second kappa shape index (κ2) is 19.4. The van der Waals surface area contributed by atoms with Crippen molar-refractivity contribution in [3.63, 3.8) is 0 Å². The fourth-order valence-electron chi connectivity index (χ4n) is 15.1. The maximum Gasteiger partial charge on any atom is 0.0465 e. The zero-order valence-corrected chi connectivity index (χ0v) is 44.7. The molecule has 0 aromatic heterocycles. The monoisotopic (exact) mass is 941 g/mol. The minimum atomic E-state index is -0.0922. The SMILES string of the molecule is CCCCCCCCC1(CCCCCCCC)c2cc(N(c3ccccc3)c3ccc4c(c3)C3(C)CCC4(C)CC3)ccc2-c2ccc(N(c3ccccc3)c3ccc4c(c3)C3(C)CCC4(C)CC3)cc21. The van der Waals surface area contributed by atoms with Crippen molar-refractivity contribution in [3.05, 3.63) is 167 Å². The second-order valence-corrected chi connectivity index (χ2v) is 24.6. The van der Waals surface area contributed by atoms with E-state index in [0.717, 1.165) is 0 Å². The smallest absolute Gasteiger partial charge is 0.0465 e. The van der Waals surface area contributed by atoms with Crippen LogP contribution in [-0.4, -0.2) is 0 Å². The minimum absolute atomic E-state index is 0.0922. The summed E-state index contributed by atoms with van der Waals surface area (Å²) in [4.78, 5) is 5.20. The first kappa shape index (κ1) is 48.2. The van der Waals surface area contributed by atoms with E-state index in [9.17, 15) is 0 Å². The van der Waals surface area contributed by atoms with Gasteiger partial charge < -0.3 is 9.80 Å². The van der Waals surface area contributed by atoms with Gasteiger partial charge in [-0.1, -0.05) is 179 Å². The molecule has 13 rings (SSSR count). The fourth-order valence-corrected chi connectivity index (χ4v) is 15.1. The van der Waals surface area contributed by atoms with Crippen LogP contribution in [0.3, 0.4) is 0 Å². The molecule has 2 saturated carbocycles. The molecule has 71 heavy (non-hydrogen) atoms. The van der Waals surface area contributed by atoms with E-state index < -0.39 is 0 Å². The molecule has 2 heteroatoms. The van der Waals surface area contributed by atoms with E-state index in [2.05, 4.69) is 185 Å². The summed E-state index contributed by atoms with van der Waals surface area (Å²) >= 11 is 0. The van der Waals surface area contributed by atoms with E-state index >= 15 is 0 Å². The van der Waals surface area contributed by atoms with E-state index in [4.69, 9.17) is 0 Å². The van der Waals surface area contributed by atoms with Crippen molar-refractivity contribution in [2.75, 3.05) is 9.80 Å². The number of fused-ring (bicyclic) bond motifs is 7. The highest BCUT2D eigenvalue weighted by Crippen LogP contribution is 2.61. The van der Waals surface area contributed by atoms with Crippen LogP contribution in [0.25, 0.3) is 11.1 Å². The number of unbranched alkanes of at least 4 members (excludes halogenated alkanes) is 10. The lowest BCUT2D eigenvalue weighted by atomic mass is 9.52. The minimum Gasteiger partial charge on any atom is -0.310 e. The van der Waals surface area contributed by atoms with Crippen LogP contribution in [0, 0.1) is 0 Å². The number of benzene rings is 6. The Hall–Kier alpha value is -5.08. The van der Waals surface area contributed by atoms with Crippen LogP contribution < -0.4 is 9.80 Å². The summed E-state index contributed by atoms with van der Waals surface area (Å²) in [5.74, 6) is 0. The molecule has 2 fully saturated rings. The largest absolute Gasteiger partial charge is 0.310 e. The molecule has 2 nitrogen and oxygen atoms in total. The Balaban J connectivity index is 1.06. The molecule has 0 aliphatic heterocycles. The van der Waals surface area contributed by atoms with E-state index in [0.29, 0.717) is 10.8 Å². The van der Waals surface area contributed by atoms with Gasteiger partial charge >= 0.3 is 0 Å². The Bertz CT molecular complexity index is 2620. The average Bonchev–Trinajstić information content (AvgIpc) is 3.66. The van der Waals surface area contributed by atoms with Crippen molar-refractivity contribution >= 4 is 34.1 Å². The van der Waals surface area contributed by atoms with Crippen LogP contribution in [0.2, 0.25) is 0 Å². The highest BCUT2D eigenvalue weighted by Gasteiger charge is 2.49. The molecule has 7 aliphatic carbocycles. The van der Waals surface area contributed by atoms with Crippen molar-refractivity contribution < 1.29 is 0 Å². The van der Waals surface area contributed by atoms with Gasteiger partial charge in [-0.2, -0.15) is 0 Å². The van der Waals surface area contributed by atoms with Crippen LogP contribution in [0.5, 0.6) is 0 Å². The zero-order valence-electron chi connectivity index (χ0n) is 44.7. The van der Waals surface area contributed by atoms with Crippen molar-refractivity contribution in [1.82, 2.24) is 0 Å². The first-order valence-corrected chi connectivity index (χ1v) is 28.8. The normalized spacial score (nSPS) is 24.0. The quantitative estimate of drug-likeness (QED) is 0.0704. The molecule has 0 atom stereocenters. The molecular weight excluding hydrogens is 857 g/mol. The standard InChI is InChI=1S/C69H84N2/c1-7-9-11-13-15-23-37-69(38-24-16-14-12-10-8-2)61-47-53(70(51-25-19-17-20-26-51)55-31-35-59-63(49-55)67(5)43-39-65(59,3)40-44-67)29-33-57(61)58-34-30-54(48-62(58)69)71(52-27-21-18-22-28-52)56-32-36-60-64(50-56)68(6)45-41-66(60,4)42-46-68/h17-22,25-36,47-50H,7-16,23-24,37-46H2,1-6H3. The fraction of sp³-hybridized carbons (Fsp3) is 0.478. The number of nitrogens with zero attached hydrogens (tertiary/aromatic N) is 2. The summed E-state index contributed by atoms with van der Waals surface area (Å²) in [5.41, 5.74) is 21.0. The third-order valence-corrected chi connectivity index (χ3v) is 19.8. The summed E-state index contributed by atoms with van der Waals surface area (Å²) in [5, 5.41) is 0. The molecule has 0 heterocycles. The van der Waals surface area contributed by atoms with E-state index in [1.807, 2.05) is 0 Å². The molecule has 6 aromatic rings. The van der Waals surface area contributed by atoms with Gasteiger partial charge in [0, 0.05) is 39.5 Å². The summed E-state index contributed by atoms with van der Waals surface area (Å²) < 4.78 is 0. The van der Waals surface area contributed by atoms with E-state index in [1.165, 1.54) is 187 Å². The number of hydrogen-bond acceptors (Lipinski definition) is 2. The molecule has 7 aliphatic rings. The first-order chi connectivity index (χ1) is 34.5. The van der Waals surface area contributed by atoms with Crippen LogP contribution in [-0.2, 0) is 27.1 Å². The Morgan fingerprint density at radius 1 is 0.310 bits per heavy atom. The molecular formula is C69H84N2. The maximum absolute atomic E-state index is 2.68. The van der Waals surface area contributed by atoms with Gasteiger partial charge in [-0.3, -0.25) is 0 Å². The lowest BCUT2D eigenvalue weighted by Gasteiger charge is -2.52. The van der Waals surface area contributed by atoms with Crippen molar-refractivity contribution in [2.24, 2.45) is 0 Å². The summed E-state index contributed by atoms with van der Waals surface area (Å²) in [6.07, 6.45) is 28.5. The second-order valence-electron chi connectivity index (χ2n) is 24.6. The van der Waals surface area contributed by atoms with Gasteiger partial charge in [0.1, 0.15) is 0 Å². The third-order valence-electron chi connectivity index (χ3n) is 19.8. The number of hydrogen-bond donors (Lipinski definition) is 0.